The van der Waals surface area contributed by atoms with Crippen molar-refractivity contribution in [3.63, 3.8) is 0 Å². The van der Waals surface area contributed by atoms with E-state index >= 15 is 0 Å². The van der Waals surface area contributed by atoms with Gasteiger partial charge in [-0.25, -0.2) is 4.79 Å². The van der Waals surface area contributed by atoms with Gasteiger partial charge in [0.1, 0.15) is 6.04 Å². The first-order valence-corrected chi connectivity index (χ1v) is 11.0. The summed E-state index contributed by atoms with van der Waals surface area (Å²) in [5.74, 6) is 0.638. The maximum Gasteiger partial charge on any atom is 0.329 e. The Morgan fingerprint density at radius 3 is 2.32 bits per heavy atom. The zero-order valence-corrected chi connectivity index (χ0v) is 17.3. The van der Waals surface area contributed by atoms with Gasteiger partial charge in [0.25, 0.3) is 5.91 Å². The van der Waals surface area contributed by atoms with Crippen LogP contribution in [0.4, 0.5) is 0 Å². The van der Waals surface area contributed by atoms with Crippen molar-refractivity contribution in [1.29, 1.82) is 0 Å². The maximum atomic E-state index is 12.5. The molecule has 0 spiro atoms. The molecule has 0 aromatic heterocycles. The van der Waals surface area contributed by atoms with E-state index in [1.54, 1.807) is 36.0 Å². The lowest BCUT2D eigenvalue weighted by molar-refractivity contribution is -0.145. The second-order valence-corrected chi connectivity index (χ2v) is 7.65. The molecule has 1 N–H and O–H groups in total. The van der Waals surface area contributed by atoms with Crippen molar-refractivity contribution in [2.24, 2.45) is 0 Å². The summed E-state index contributed by atoms with van der Waals surface area (Å²) in [4.78, 5) is 25.0. The number of hydrogen-bond acceptors (Lipinski definition) is 4. The largest absolute Gasteiger partial charge is 0.464 e. The van der Waals surface area contributed by atoms with E-state index in [1.807, 2.05) is 24.3 Å². The van der Waals surface area contributed by atoms with Crippen LogP contribution in [0.2, 0.25) is 0 Å². The van der Waals surface area contributed by atoms with E-state index in [4.69, 9.17) is 4.74 Å². The molecule has 1 atom stereocenters. The van der Waals surface area contributed by atoms with Crippen molar-refractivity contribution in [1.82, 2.24) is 5.32 Å². The first-order chi connectivity index (χ1) is 13.7. The molecule has 0 radical (unpaired) electrons. The molecule has 0 aliphatic carbocycles. The summed E-state index contributed by atoms with van der Waals surface area (Å²) in [6, 6.07) is 18.4. The molecule has 1 amide bonds. The van der Waals surface area contributed by atoms with Crippen molar-refractivity contribution in [2.45, 2.75) is 44.4 Å². The van der Waals surface area contributed by atoms with Crippen molar-refractivity contribution >= 4 is 23.6 Å². The van der Waals surface area contributed by atoms with Gasteiger partial charge >= 0.3 is 5.97 Å². The number of hydrogen-bond donors (Lipinski definition) is 1. The molecule has 0 aliphatic rings. The van der Waals surface area contributed by atoms with Crippen molar-refractivity contribution in [3.8, 4) is 0 Å². The molecule has 0 bridgehead atoms. The van der Waals surface area contributed by atoms with Gasteiger partial charge in [0.15, 0.2) is 0 Å². The molecule has 0 aliphatic heterocycles. The average Bonchev–Trinajstić information content (AvgIpc) is 2.74. The number of esters is 1. The molecular formula is C23H29NO3S. The van der Waals surface area contributed by atoms with E-state index < -0.39 is 6.04 Å². The molecule has 4 nitrogen and oxygen atoms in total. The van der Waals surface area contributed by atoms with E-state index in [-0.39, 0.29) is 11.9 Å². The minimum Gasteiger partial charge on any atom is -0.464 e. The topological polar surface area (TPSA) is 55.4 Å². The van der Waals surface area contributed by atoms with Crippen LogP contribution in [0, 0.1) is 0 Å². The van der Waals surface area contributed by atoms with Gasteiger partial charge in [-0.2, -0.15) is 11.8 Å². The SMILES string of the molecule is CCCCCCOC(=O)[C@@H](CSCc1ccccc1)NC(=O)c1ccccc1. The number of ether oxygens (including phenoxy) is 1. The molecule has 28 heavy (non-hydrogen) atoms. The fraction of sp³-hybridized carbons (Fsp3) is 0.391. The van der Waals surface area contributed by atoms with Crippen LogP contribution >= 0.6 is 11.8 Å². The standard InChI is InChI=1S/C23H29NO3S/c1-2-3-4-11-16-27-23(26)21(18-28-17-19-12-7-5-8-13-19)24-22(25)20-14-9-6-10-15-20/h5-10,12-15,21H,2-4,11,16-18H2,1H3,(H,24,25)/t21-/m1/s1. The fourth-order valence-electron chi connectivity index (χ4n) is 2.67. The third kappa shape index (κ3) is 8.17. The first-order valence-electron chi connectivity index (χ1n) is 9.85. The van der Waals surface area contributed by atoms with Gasteiger partial charge in [-0.3, -0.25) is 4.79 Å². The van der Waals surface area contributed by atoms with Gasteiger partial charge in [0.2, 0.25) is 0 Å². The van der Waals surface area contributed by atoms with E-state index in [0.717, 1.165) is 31.4 Å². The van der Waals surface area contributed by atoms with Crippen LogP contribution in [0.3, 0.4) is 0 Å². The minimum atomic E-state index is -0.660. The fourth-order valence-corrected chi connectivity index (χ4v) is 3.67. The highest BCUT2D eigenvalue weighted by Gasteiger charge is 2.23. The Morgan fingerprint density at radius 1 is 0.964 bits per heavy atom. The summed E-state index contributed by atoms with van der Waals surface area (Å²) >= 11 is 1.61. The van der Waals surface area contributed by atoms with Gasteiger partial charge in [-0.15, -0.1) is 0 Å². The Morgan fingerprint density at radius 2 is 1.64 bits per heavy atom. The summed E-state index contributed by atoms with van der Waals surface area (Å²) in [7, 11) is 0. The predicted octanol–water partition coefficient (Wildman–Crippen LogP) is 4.84. The number of unbranched alkanes of at least 4 members (excludes halogenated alkanes) is 3. The zero-order valence-electron chi connectivity index (χ0n) is 16.4. The highest BCUT2D eigenvalue weighted by molar-refractivity contribution is 7.98. The smallest absolute Gasteiger partial charge is 0.329 e. The summed E-state index contributed by atoms with van der Waals surface area (Å²) in [5.41, 5.74) is 1.73. The summed E-state index contributed by atoms with van der Waals surface area (Å²) in [6.07, 6.45) is 4.18. The number of thioether (sulfide) groups is 1. The lowest BCUT2D eigenvalue weighted by Crippen LogP contribution is -2.43. The molecule has 2 aromatic rings. The molecule has 150 valence electrons. The van der Waals surface area contributed by atoms with Crippen molar-refractivity contribution in [3.05, 3.63) is 71.8 Å². The number of nitrogens with one attached hydrogen (secondary N) is 1. The van der Waals surface area contributed by atoms with E-state index in [9.17, 15) is 9.59 Å². The van der Waals surface area contributed by atoms with Crippen LogP contribution in [-0.2, 0) is 15.3 Å². The van der Waals surface area contributed by atoms with E-state index in [0.29, 0.717) is 17.9 Å². The summed E-state index contributed by atoms with van der Waals surface area (Å²) < 4.78 is 5.42. The number of carbonyl (C=O) groups is 2. The number of amides is 1. The number of carbonyl (C=O) groups excluding carboxylic acids is 2. The second kappa shape index (κ2) is 13.0. The number of rotatable bonds is 12. The quantitative estimate of drug-likeness (QED) is 0.410. The Kier molecular flexibility index (Phi) is 10.2. The molecule has 0 unspecified atom stereocenters. The molecule has 2 rings (SSSR count). The van der Waals surface area contributed by atoms with Crippen molar-refractivity contribution < 1.29 is 14.3 Å². The Labute approximate surface area is 172 Å². The molecule has 0 fully saturated rings. The van der Waals surface area contributed by atoms with Crippen molar-refractivity contribution in [2.75, 3.05) is 12.4 Å². The van der Waals surface area contributed by atoms with Crippen LogP contribution in [0.1, 0.15) is 48.5 Å². The van der Waals surface area contributed by atoms with E-state index in [2.05, 4.69) is 24.4 Å². The molecule has 0 saturated carbocycles. The monoisotopic (exact) mass is 399 g/mol. The summed E-state index contributed by atoms with van der Waals surface area (Å²) in [6.45, 7) is 2.55. The predicted molar refractivity (Wildman–Crippen MR) is 115 cm³/mol. The second-order valence-electron chi connectivity index (χ2n) is 6.62. The molecular weight excluding hydrogens is 370 g/mol. The summed E-state index contributed by atoms with van der Waals surface area (Å²) in [5, 5.41) is 2.84. The molecule has 0 saturated heterocycles. The Balaban J connectivity index is 1.89. The first kappa shape index (κ1) is 22.0. The maximum absolute atomic E-state index is 12.5. The average molecular weight is 400 g/mol. The third-order valence-electron chi connectivity index (χ3n) is 4.26. The highest BCUT2D eigenvalue weighted by atomic mass is 32.2. The van der Waals surface area contributed by atoms with Crippen LogP contribution in [0.25, 0.3) is 0 Å². The van der Waals surface area contributed by atoms with Gasteiger partial charge in [0, 0.05) is 17.1 Å². The van der Waals surface area contributed by atoms with Gasteiger partial charge in [-0.05, 0) is 24.1 Å². The van der Waals surface area contributed by atoms with Crippen LogP contribution in [-0.4, -0.2) is 30.3 Å². The Bertz CT molecular complexity index is 706. The minimum absolute atomic E-state index is 0.256. The van der Waals surface area contributed by atoms with E-state index in [1.165, 1.54) is 5.56 Å². The van der Waals surface area contributed by atoms with Gasteiger partial charge in [0.05, 0.1) is 6.61 Å². The van der Waals surface area contributed by atoms with Crippen LogP contribution < -0.4 is 5.32 Å². The molecule has 5 heteroatoms. The lowest BCUT2D eigenvalue weighted by Gasteiger charge is -2.18. The molecule has 0 heterocycles. The highest BCUT2D eigenvalue weighted by Crippen LogP contribution is 2.14. The van der Waals surface area contributed by atoms with Gasteiger partial charge in [-0.1, -0.05) is 74.7 Å². The normalized spacial score (nSPS) is 11.6. The van der Waals surface area contributed by atoms with Crippen LogP contribution in [0.5, 0.6) is 0 Å². The third-order valence-corrected chi connectivity index (χ3v) is 5.37. The lowest BCUT2D eigenvalue weighted by atomic mass is 10.2. The molecule has 2 aromatic carbocycles. The Hall–Kier alpha value is -2.27. The zero-order chi connectivity index (χ0) is 20.0. The van der Waals surface area contributed by atoms with Crippen LogP contribution in [0.15, 0.2) is 60.7 Å². The number of benzene rings is 2. The van der Waals surface area contributed by atoms with Gasteiger partial charge < -0.3 is 10.1 Å².